The van der Waals surface area contributed by atoms with E-state index in [2.05, 4.69) is 20.5 Å². The van der Waals surface area contributed by atoms with Crippen molar-refractivity contribution < 1.29 is 22.6 Å². The SMILES string of the molecule is CN=C(NCC1CCCO1)NCC(c1ccc(C(F)(F)F)cc1)N1CCOCC1.I. The monoisotopic (exact) mass is 542 g/mol. The van der Waals surface area contributed by atoms with Crippen LogP contribution in [0.4, 0.5) is 13.2 Å². The van der Waals surface area contributed by atoms with Gasteiger partial charge in [0.15, 0.2) is 5.96 Å². The predicted molar refractivity (Wildman–Crippen MR) is 120 cm³/mol. The molecule has 0 aromatic heterocycles. The quantitative estimate of drug-likeness (QED) is 0.329. The molecule has 170 valence electrons. The Kier molecular flexibility index (Phi) is 10.1. The third-order valence-corrected chi connectivity index (χ3v) is 5.32. The van der Waals surface area contributed by atoms with Gasteiger partial charge in [0, 0.05) is 39.8 Å². The molecule has 0 aliphatic carbocycles. The van der Waals surface area contributed by atoms with Gasteiger partial charge < -0.3 is 20.1 Å². The molecule has 1 aromatic rings. The van der Waals surface area contributed by atoms with Crippen molar-refractivity contribution in [3.63, 3.8) is 0 Å². The molecule has 2 N–H and O–H groups in total. The van der Waals surface area contributed by atoms with Crippen molar-refractivity contribution in [2.75, 3.05) is 53.0 Å². The van der Waals surface area contributed by atoms with E-state index in [0.29, 0.717) is 32.3 Å². The molecule has 2 atom stereocenters. The van der Waals surface area contributed by atoms with Crippen molar-refractivity contribution in [1.82, 2.24) is 15.5 Å². The van der Waals surface area contributed by atoms with Crippen LogP contribution < -0.4 is 10.6 Å². The van der Waals surface area contributed by atoms with Gasteiger partial charge in [-0.1, -0.05) is 12.1 Å². The van der Waals surface area contributed by atoms with E-state index in [1.807, 2.05) is 0 Å². The van der Waals surface area contributed by atoms with Crippen molar-refractivity contribution in [3.8, 4) is 0 Å². The van der Waals surface area contributed by atoms with Crippen LogP contribution in [0.2, 0.25) is 0 Å². The number of morpholine rings is 1. The number of halogens is 4. The summed E-state index contributed by atoms with van der Waals surface area (Å²) in [5, 5.41) is 6.58. The summed E-state index contributed by atoms with van der Waals surface area (Å²) in [4.78, 5) is 6.48. The zero-order valence-corrected chi connectivity index (χ0v) is 19.4. The zero-order chi connectivity index (χ0) is 20.7. The first kappa shape index (κ1) is 25.2. The molecule has 6 nitrogen and oxygen atoms in total. The maximum atomic E-state index is 12.9. The highest BCUT2D eigenvalue weighted by atomic mass is 127. The molecule has 1 aromatic carbocycles. The van der Waals surface area contributed by atoms with Crippen molar-refractivity contribution in [3.05, 3.63) is 35.4 Å². The third kappa shape index (κ3) is 7.24. The van der Waals surface area contributed by atoms with Gasteiger partial charge in [-0.05, 0) is 30.5 Å². The molecule has 2 heterocycles. The highest BCUT2D eigenvalue weighted by Crippen LogP contribution is 2.31. The highest BCUT2D eigenvalue weighted by Gasteiger charge is 2.31. The average molecular weight is 542 g/mol. The molecule has 0 saturated carbocycles. The molecule has 0 radical (unpaired) electrons. The van der Waals surface area contributed by atoms with Gasteiger partial charge in [0.05, 0.1) is 30.9 Å². The lowest BCUT2D eigenvalue weighted by atomic mass is 10.0. The fourth-order valence-electron chi connectivity index (χ4n) is 3.67. The van der Waals surface area contributed by atoms with E-state index in [4.69, 9.17) is 9.47 Å². The van der Waals surface area contributed by atoms with Gasteiger partial charge in [0.2, 0.25) is 0 Å². The number of benzene rings is 1. The fourth-order valence-corrected chi connectivity index (χ4v) is 3.67. The molecule has 2 aliphatic heterocycles. The second-order valence-corrected chi connectivity index (χ2v) is 7.25. The van der Waals surface area contributed by atoms with E-state index in [0.717, 1.165) is 50.2 Å². The number of aliphatic imine (C=N–C) groups is 1. The number of guanidine groups is 1. The van der Waals surface area contributed by atoms with Crippen LogP contribution in [0, 0.1) is 0 Å². The maximum Gasteiger partial charge on any atom is 0.416 e. The Morgan fingerprint density at radius 3 is 2.43 bits per heavy atom. The molecular formula is C20H30F3IN4O2. The second kappa shape index (κ2) is 12.1. The van der Waals surface area contributed by atoms with E-state index < -0.39 is 11.7 Å². The summed E-state index contributed by atoms with van der Waals surface area (Å²) in [6, 6.07) is 5.34. The first-order chi connectivity index (χ1) is 14.0. The first-order valence-corrected chi connectivity index (χ1v) is 10.0. The molecule has 10 heteroatoms. The largest absolute Gasteiger partial charge is 0.416 e. The summed E-state index contributed by atoms with van der Waals surface area (Å²) in [7, 11) is 1.70. The van der Waals surface area contributed by atoms with Gasteiger partial charge in [-0.15, -0.1) is 24.0 Å². The van der Waals surface area contributed by atoms with E-state index in [9.17, 15) is 13.2 Å². The molecule has 3 rings (SSSR count). The molecule has 2 aliphatic rings. The number of alkyl halides is 3. The lowest BCUT2D eigenvalue weighted by molar-refractivity contribution is -0.137. The van der Waals surface area contributed by atoms with Crippen molar-refractivity contribution >= 4 is 29.9 Å². The second-order valence-electron chi connectivity index (χ2n) is 7.25. The smallest absolute Gasteiger partial charge is 0.379 e. The fraction of sp³-hybridized carbons (Fsp3) is 0.650. The minimum absolute atomic E-state index is 0. The Morgan fingerprint density at radius 1 is 1.17 bits per heavy atom. The van der Waals surface area contributed by atoms with E-state index in [1.165, 1.54) is 0 Å². The third-order valence-electron chi connectivity index (χ3n) is 5.32. The van der Waals surface area contributed by atoms with E-state index in [-0.39, 0.29) is 36.1 Å². The first-order valence-electron chi connectivity index (χ1n) is 10.0. The molecule has 30 heavy (non-hydrogen) atoms. The minimum atomic E-state index is -4.33. The van der Waals surface area contributed by atoms with Crippen LogP contribution in [0.3, 0.4) is 0 Å². The highest BCUT2D eigenvalue weighted by molar-refractivity contribution is 14.0. The number of ether oxygens (including phenoxy) is 2. The van der Waals surface area contributed by atoms with Crippen LogP contribution in [0.25, 0.3) is 0 Å². The van der Waals surface area contributed by atoms with Crippen molar-refractivity contribution in [2.24, 2.45) is 4.99 Å². The summed E-state index contributed by atoms with van der Waals surface area (Å²) >= 11 is 0. The Morgan fingerprint density at radius 2 is 1.87 bits per heavy atom. The van der Waals surface area contributed by atoms with Crippen LogP contribution in [-0.4, -0.2) is 70.0 Å². The van der Waals surface area contributed by atoms with Gasteiger partial charge in [0.1, 0.15) is 0 Å². The van der Waals surface area contributed by atoms with Gasteiger partial charge in [-0.3, -0.25) is 9.89 Å². The van der Waals surface area contributed by atoms with E-state index >= 15 is 0 Å². The Labute approximate surface area is 192 Å². The maximum absolute atomic E-state index is 12.9. The number of nitrogens with one attached hydrogen (secondary N) is 2. The van der Waals surface area contributed by atoms with Gasteiger partial charge in [-0.25, -0.2) is 0 Å². The van der Waals surface area contributed by atoms with Crippen molar-refractivity contribution in [2.45, 2.75) is 31.2 Å². The zero-order valence-electron chi connectivity index (χ0n) is 17.1. The van der Waals surface area contributed by atoms with Crippen LogP contribution >= 0.6 is 24.0 Å². The summed E-state index contributed by atoms with van der Waals surface area (Å²) in [6.45, 7) is 4.70. The molecule has 2 unspecified atom stereocenters. The molecule has 0 amide bonds. The summed E-state index contributed by atoms with van der Waals surface area (Å²) in [5.41, 5.74) is 0.200. The molecular weight excluding hydrogens is 512 g/mol. The lowest BCUT2D eigenvalue weighted by Crippen LogP contribution is -2.47. The van der Waals surface area contributed by atoms with Crippen LogP contribution in [-0.2, 0) is 15.7 Å². The van der Waals surface area contributed by atoms with Gasteiger partial charge in [-0.2, -0.15) is 13.2 Å². The summed E-state index contributed by atoms with van der Waals surface area (Å²) in [5.74, 6) is 0.658. The normalized spacial score (nSPS) is 21.7. The summed E-state index contributed by atoms with van der Waals surface area (Å²) < 4.78 is 49.8. The number of hydrogen-bond donors (Lipinski definition) is 2. The van der Waals surface area contributed by atoms with E-state index in [1.54, 1.807) is 19.2 Å². The Bertz CT molecular complexity index is 661. The summed E-state index contributed by atoms with van der Waals surface area (Å²) in [6.07, 6.45) is -2.03. The molecule has 0 bridgehead atoms. The number of rotatable bonds is 6. The Balaban J connectivity index is 0.00000320. The van der Waals surface area contributed by atoms with Crippen LogP contribution in [0.1, 0.15) is 30.0 Å². The molecule has 0 spiro atoms. The topological polar surface area (TPSA) is 58.1 Å². The Hall–Kier alpha value is -1.11. The van der Waals surface area contributed by atoms with Gasteiger partial charge in [0.25, 0.3) is 0 Å². The standard InChI is InChI=1S/C20H29F3N4O2.HI/c1-24-19(25-13-17-3-2-10-29-17)26-14-18(27-8-11-28-12-9-27)15-4-6-16(7-5-15)20(21,22)23;/h4-7,17-18H,2-3,8-14H2,1H3,(H2,24,25,26);1H. The van der Waals surface area contributed by atoms with Gasteiger partial charge >= 0.3 is 6.18 Å². The van der Waals surface area contributed by atoms with Crippen molar-refractivity contribution in [1.29, 1.82) is 0 Å². The lowest BCUT2D eigenvalue weighted by Gasteiger charge is -2.35. The molecule has 2 saturated heterocycles. The van der Waals surface area contributed by atoms with Crippen LogP contribution in [0.5, 0.6) is 0 Å². The predicted octanol–water partition coefficient (Wildman–Crippen LogP) is 3.04. The van der Waals surface area contributed by atoms with Crippen LogP contribution in [0.15, 0.2) is 29.3 Å². The number of nitrogens with zero attached hydrogens (tertiary/aromatic N) is 2. The number of hydrogen-bond acceptors (Lipinski definition) is 4. The minimum Gasteiger partial charge on any atom is -0.379 e. The molecule has 2 fully saturated rings. The average Bonchev–Trinajstić information content (AvgIpc) is 3.24.